The molecular weight excluding hydrogens is 274 g/mol. The molecule has 0 saturated carbocycles. The van der Waals surface area contributed by atoms with Crippen molar-refractivity contribution in [2.75, 3.05) is 6.26 Å². The molecule has 0 spiro atoms. The Labute approximate surface area is 119 Å². The van der Waals surface area contributed by atoms with Gasteiger partial charge in [-0.15, -0.1) is 0 Å². The first kappa shape index (κ1) is 14.8. The van der Waals surface area contributed by atoms with Crippen LogP contribution in [0.4, 0.5) is 0 Å². The van der Waals surface area contributed by atoms with E-state index in [1.807, 2.05) is 24.3 Å². The van der Waals surface area contributed by atoms with Crippen molar-refractivity contribution >= 4 is 9.84 Å². The summed E-state index contributed by atoms with van der Waals surface area (Å²) in [5, 5.41) is 3.39. The van der Waals surface area contributed by atoms with E-state index >= 15 is 0 Å². The van der Waals surface area contributed by atoms with Crippen LogP contribution < -0.4 is 5.32 Å². The maximum absolute atomic E-state index is 11.4. The summed E-state index contributed by atoms with van der Waals surface area (Å²) in [6, 6.07) is 11.1. The van der Waals surface area contributed by atoms with Gasteiger partial charge in [0.25, 0.3) is 0 Å². The average Bonchev–Trinajstić information content (AvgIpc) is 2.88. The molecule has 0 bridgehead atoms. The van der Waals surface area contributed by atoms with E-state index in [2.05, 4.69) is 12.2 Å². The Morgan fingerprint density at radius 1 is 1.20 bits per heavy atom. The van der Waals surface area contributed by atoms with Crippen LogP contribution >= 0.6 is 0 Å². The highest BCUT2D eigenvalue weighted by Gasteiger charge is 2.07. The number of sulfone groups is 1. The fraction of sp³-hybridized carbons (Fsp3) is 0.333. The number of furan rings is 1. The summed E-state index contributed by atoms with van der Waals surface area (Å²) in [5.41, 5.74) is 1.06. The quantitative estimate of drug-likeness (QED) is 0.888. The van der Waals surface area contributed by atoms with Gasteiger partial charge in [-0.25, -0.2) is 8.42 Å². The van der Waals surface area contributed by atoms with Crippen LogP contribution in [0.3, 0.4) is 0 Å². The lowest BCUT2D eigenvalue weighted by atomic mass is 10.1. The molecule has 0 aliphatic rings. The molecule has 0 amide bonds. The number of nitrogens with one attached hydrogen (secondary N) is 1. The molecule has 0 radical (unpaired) electrons. The minimum atomic E-state index is -3.12. The fourth-order valence-electron chi connectivity index (χ4n) is 1.95. The zero-order valence-electron chi connectivity index (χ0n) is 11.7. The van der Waals surface area contributed by atoms with E-state index in [0.717, 1.165) is 17.7 Å². The highest BCUT2D eigenvalue weighted by Crippen LogP contribution is 2.11. The largest absolute Gasteiger partial charge is 0.469 e. The Morgan fingerprint density at radius 3 is 2.45 bits per heavy atom. The van der Waals surface area contributed by atoms with E-state index in [1.165, 1.54) is 6.26 Å². The summed E-state index contributed by atoms with van der Waals surface area (Å²) in [4.78, 5) is 0.352. The first-order valence-corrected chi connectivity index (χ1v) is 8.39. The highest BCUT2D eigenvalue weighted by molar-refractivity contribution is 7.90. The molecule has 20 heavy (non-hydrogen) atoms. The highest BCUT2D eigenvalue weighted by atomic mass is 32.2. The summed E-state index contributed by atoms with van der Waals surface area (Å²) < 4.78 is 28.0. The van der Waals surface area contributed by atoms with Crippen molar-refractivity contribution in [3.05, 3.63) is 54.0 Å². The Balaban J connectivity index is 1.88. The zero-order chi connectivity index (χ0) is 14.6. The SMILES string of the molecule is CC(Cc1ccco1)NCc1ccc(S(C)(=O)=O)cc1. The predicted octanol–water partition coefficient (Wildman–Crippen LogP) is 2.40. The van der Waals surface area contributed by atoms with E-state index in [-0.39, 0.29) is 6.04 Å². The molecule has 1 unspecified atom stereocenters. The van der Waals surface area contributed by atoms with Gasteiger partial charge in [-0.1, -0.05) is 12.1 Å². The van der Waals surface area contributed by atoms with Gasteiger partial charge >= 0.3 is 0 Å². The molecular formula is C15H19NO3S. The maximum Gasteiger partial charge on any atom is 0.175 e. The summed E-state index contributed by atoms with van der Waals surface area (Å²) >= 11 is 0. The summed E-state index contributed by atoms with van der Waals surface area (Å²) in [5.74, 6) is 0.956. The molecule has 0 fully saturated rings. The molecule has 1 atom stereocenters. The second kappa shape index (κ2) is 6.24. The number of rotatable bonds is 6. The normalized spacial score (nSPS) is 13.3. The summed E-state index contributed by atoms with van der Waals surface area (Å²) in [6.45, 7) is 2.79. The standard InChI is InChI=1S/C15H19NO3S/c1-12(10-14-4-3-9-19-14)16-11-13-5-7-15(8-6-13)20(2,17)18/h3-9,12,16H,10-11H2,1-2H3. The second-order valence-corrected chi connectivity index (χ2v) is 7.00. The Kier molecular flexibility index (Phi) is 4.62. The monoisotopic (exact) mass is 293 g/mol. The van der Waals surface area contributed by atoms with Crippen molar-refractivity contribution in [1.82, 2.24) is 5.32 Å². The predicted molar refractivity (Wildman–Crippen MR) is 78.3 cm³/mol. The van der Waals surface area contributed by atoms with Gasteiger partial charge in [0, 0.05) is 25.3 Å². The van der Waals surface area contributed by atoms with Gasteiger partial charge in [0.1, 0.15) is 5.76 Å². The van der Waals surface area contributed by atoms with Crippen LogP contribution in [-0.4, -0.2) is 20.7 Å². The van der Waals surface area contributed by atoms with Crippen molar-refractivity contribution < 1.29 is 12.8 Å². The molecule has 0 saturated heterocycles. The third-order valence-electron chi connectivity index (χ3n) is 3.09. The van der Waals surface area contributed by atoms with Crippen molar-refractivity contribution in [2.45, 2.75) is 30.8 Å². The van der Waals surface area contributed by atoms with Crippen molar-refractivity contribution in [2.24, 2.45) is 0 Å². The van der Waals surface area contributed by atoms with Crippen LogP contribution in [0.1, 0.15) is 18.2 Å². The summed E-state index contributed by atoms with van der Waals surface area (Å²) in [7, 11) is -3.12. The summed E-state index contributed by atoms with van der Waals surface area (Å²) in [6.07, 6.45) is 3.71. The molecule has 0 aliphatic carbocycles. The number of hydrogen-bond donors (Lipinski definition) is 1. The molecule has 0 aliphatic heterocycles. The Morgan fingerprint density at radius 2 is 1.90 bits per heavy atom. The van der Waals surface area contributed by atoms with E-state index in [1.54, 1.807) is 18.4 Å². The van der Waals surface area contributed by atoms with E-state index in [4.69, 9.17) is 4.42 Å². The van der Waals surface area contributed by atoms with Gasteiger partial charge in [0.15, 0.2) is 9.84 Å². The lowest BCUT2D eigenvalue weighted by Crippen LogP contribution is -2.27. The lowest BCUT2D eigenvalue weighted by molar-refractivity contribution is 0.456. The minimum absolute atomic E-state index is 0.288. The fourth-order valence-corrected chi connectivity index (χ4v) is 2.58. The minimum Gasteiger partial charge on any atom is -0.469 e. The van der Waals surface area contributed by atoms with E-state index in [9.17, 15) is 8.42 Å². The van der Waals surface area contributed by atoms with Crippen LogP contribution in [0.15, 0.2) is 52.0 Å². The Bertz CT molecular complexity index is 630. The number of benzene rings is 1. The molecule has 108 valence electrons. The first-order valence-electron chi connectivity index (χ1n) is 6.50. The van der Waals surface area contributed by atoms with Crippen LogP contribution in [0.25, 0.3) is 0 Å². The molecule has 1 N–H and O–H groups in total. The van der Waals surface area contributed by atoms with Gasteiger partial charge < -0.3 is 9.73 Å². The number of hydrogen-bond acceptors (Lipinski definition) is 4. The molecule has 5 heteroatoms. The Hall–Kier alpha value is -1.59. The molecule has 1 aromatic carbocycles. The van der Waals surface area contributed by atoms with Crippen LogP contribution in [0.5, 0.6) is 0 Å². The molecule has 1 heterocycles. The lowest BCUT2D eigenvalue weighted by Gasteiger charge is -2.12. The molecule has 1 aromatic heterocycles. The van der Waals surface area contributed by atoms with Crippen molar-refractivity contribution in [3.63, 3.8) is 0 Å². The van der Waals surface area contributed by atoms with Gasteiger partial charge in [-0.2, -0.15) is 0 Å². The average molecular weight is 293 g/mol. The van der Waals surface area contributed by atoms with Crippen molar-refractivity contribution in [3.8, 4) is 0 Å². The maximum atomic E-state index is 11.4. The first-order chi connectivity index (χ1) is 9.45. The third kappa shape index (κ3) is 4.21. The van der Waals surface area contributed by atoms with E-state index in [0.29, 0.717) is 11.4 Å². The van der Waals surface area contributed by atoms with Gasteiger partial charge in [0.05, 0.1) is 11.2 Å². The van der Waals surface area contributed by atoms with Crippen LogP contribution in [0.2, 0.25) is 0 Å². The topological polar surface area (TPSA) is 59.3 Å². The van der Waals surface area contributed by atoms with Crippen LogP contribution in [0, 0.1) is 0 Å². The third-order valence-corrected chi connectivity index (χ3v) is 4.22. The van der Waals surface area contributed by atoms with Gasteiger partial charge in [-0.3, -0.25) is 0 Å². The second-order valence-electron chi connectivity index (χ2n) is 4.98. The molecule has 2 aromatic rings. The van der Waals surface area contributed by atoms with Crippen LogP contribution in [-0.2, 0) is 22.8 Å². The van der Waals surface area contributed by atoms with E-state index < -0.39 is 9.84 Å². The van der Waals surface area contributed by atoms with Crippen molar-refractivity contribution in [1.29, 1.82) is 0 Å². The zero-order valence-corrected chi connectivity index (χ0v) is 12.5. The smallest absolute Gasteiger partial charge is 0.175 e. The molecule has 4 nitrogen and oxygen atoms in total. The van der Waals surface area contributed by atoms with Gasteiger partial charge in [0.2, 0.25) is 0 Å². The van der Waals surface area contributed by atoms with Gasteiger partial charge in [-0.05, 0) is 36.8 Å². The molecule has 2 rings (SSSR count).